The van der Waals surface area contributed by atoms with E-state index in [1.165, 1.54) is 38.0 Å². The molecule has 0 unspecified atom stereocenters. The molecule has 0 amide bonds. The summed E-state index contributed by atoms with van der Waals surface area (Å²) >= 11 is 0. The first-order chi connectivity index (χ1) is 7.90. The molecular weight excluding hydrogens is 196 g/mol. The second kappa shape index (κ2) is 5.90. The maximum absolute atomic E-state index is 3.61. The normalized spacial score (nSPS) is 17.7. The fourth-order valence-electron chi connectivity index (χ4n) is 2.28. The van der Waals surface area contributed by atoms with Gasteiger partial charge in [-0.1, -0.05) is 19.1 Å². The summed E-state index contributed by atoms with van der Waals surface area (Å²) in [7, 11) is 0. The monoisotopic (exact) mass is 217 g/mol. The second-order valence-corrected chi connectivity index (χ2v) is 4.47. The van der Waals surface area contributed by atoms with Crippen LogP contribution in [-0.2, 0) is 0 Å². The van der Waals surface area contributed by atoms with Crippen LogP contribution in [-0.4, -0.2) is 25.7 Å². The third-order valence-corrected chi connectivity index (χ3v) is 3.24. The third kappa shape index (κ3) is 2.99. The van der Waals surface area contributed by atoms with Crippen LogP contribution in [0.15, 0.2) is 24.3 Å². The molecule has 1 heterocycles. The molecule has 1 aromatic carbocycles. The minimum absolute atomic E-state index is 0.728. The zero-order chi connectivity index (χ0) is 11.2. The molecule has 2 heteroatoms. The minimum atomic E-state index is 0.728. The highest BCUT2D eigenvalue weighted by Gasteiger charge is 2.18. The quantitative estimate of drug-likeness (QED) is 0.833. The van der Waals surface area contributed by atoms with E-state index in [2.05, 4.69) is 35.3 Å². The highest BCUT2D eigenvalue weighted by atomic mass is 15.1. The summed E-state index contributed by atoms with van der Waals surface area (Å²) < 4.78 is 0. The lowest BCUT2D eigenvalue weighted by Gasteiger charge is -2.34. The summed E-state index contributed by atoms with van der Waals surface area (Å²) in [6.07, 6.45) is 3.76. The second-order valence-electron chi connectivity index (χ2n) is 4.47. The van der Waals surface area contributed by atoms with Crippen molar-refractivity contribution in [1.82, 2.24) is 5.32 Å². The third-order valence-electron chi connectivity index (χ3n) is 3.24. The van der Waals surface area contributed by atoms with Crippen LogP contribution in [0.1, 0.15) is 26.2 Å². The molecule has 0 atom stereocenters. The van der Waals surface area contributed by atoms with E-state index in [1.54, 1.807) is 0 Å². The standard InChI is InChI=1S/C14H21N2/c1-2-10-15-13-8-11-16(12-9-13)14-6-4-3-5-7-14/h4-7,13,15H,2,8-12H2,1H3. The zero-order valence-corrected chi connectivity index (χ0v) is 10.1. The van der Waals surface area contributed by atoms with Gasteiger partial charge in [0, 0.05) is 24.8 Å². The smallest absolute Gasteiger partial charge is 0.0366 e. The predicted octanol–water partition coefficient (Wildman–Crippen LogP) is 2.46. The van der Waals surface area contributed by atoms with E-state index >= 15 is 0 Å². The summed E-state index contributed by atoms with van der Waals surface area (Å²) in [4.78, 5) is 2.47. The fourth-order valence-corrected chi connectivity index (χ4v) is 2.28. The Bertz CT molecular complexity index is 289. The lowest BCUT2D eigenvalue weighted by molar-refractivity contribution is 0.416. The summed E-state index contributed by atoms with van der Waals surface area (Å²) in [5, 5.41) is 3.61. The first kappa shape index (κ1) is 11.5. The molecule has 2 rings (SSSR count). The van der Waals surface area contributed by atoms with Crippen molar-refractivity contribution < 1.29 is 0 Å². The first-order valence-electron chi connectivity index (χ1n) is 6.34. The molecule has 1 aromatic rings. The predicted molar refractivity (Wildman–Crippen MR) is 68.8 cm³/mol. The van der Waals surface area contributed by atoms with Crippen molar-refractivity contribution in [2.24, 2.45) is 0 Å². The Morgan fingerprint density at radius 3 is 2.62 bits per heavy atom. The Morgan fingerprint density at radius 1 is 1.31 bits per heavy atom. The maximum Gasteiger partial charge on any atom is 0.0366 e. The van der Waals surface area contributed by atoms with Crippen LogP contribution in [0.3, 0.4) is 0 Å². The molecule has 0 spiro atoms. The van der Waals surface area contributed by atoms with Gasteiger partial charge < -0.3 is 10.2 Å². The van der Waals surface area contributed by atoms with Gasteiger partial charge in [-0.3, -0.25) is 0 Å². The van der Waals surface area contributed by atoms with Crippen molar-refractivity contribution >= 4 is 5.69 Å². The van der Waals surface area contributed by atoms with E-state index < -0.39 is 0 Å². The van der Waals surface area contributed by atoms with Gasteiger partial charge in [0.2, 0.25) is 0 Å². The molecule has 0 saturated carbocycles. The van der Waals surface area contributed by atoms with Crippen LogP contribution in [0.4, 0.5) is 5.69 Å². The van der Waals surface area contributed by atoms with Crippen LogP contribution >= 0.6 is 0 Å². The van der Waals surface area contributed by atoms with Crippen molar-refractivity contribution in [1.29, 1.82) is 0 Å². The van der Waals surface area contributed by atoms with Gasteiger partial charge in [0.05, 0.1) is 0 Å². The Hall–Kier alpha value is -1.02. The van der Waals surface area contributed by atoms with Crippen LogP contribution < -0.4 is 10.2 Å². The van der Waals surface area contributed by atoms with Gasteiger partial charge in [0.25, 0.3) is 0 Å². The Labute approximate surface area is 98.7 Å². The van der Waals surface area contributed by atoms with E-state index in [-0.39, 0.29) is 0 Å². The average Bonchev–Trinajstić information content (AvgIpc) is 2.38. The highest BCUT2D eigenvalue weighted by Crippen LogP contribution is 2.19. The number of nitrogens with one attached hydrogen (secondary N) is 1. The van der Waals surface area contributed by atoms with Crippen molar-refractivity contribution in [3.63, 3.8) is 0 Å². The molecule has 0 bridgehead atoms. The maximum atomic E-state index is 3.61. The van der Waals surface area contributed by atoms with Gasteiger partial charge in [-0.2, -0.15) is 0 Å². The van der Waals surface area contributed by atoms with Crippen LogP contribution in [0.2, 0.25) is 0 Å². The Balaban J connectivity index is 1.81. The topological polar surface area (TPSA) is 15.3 Å². The van der Waals surface area contributed by atoms with Gasteiger partial charge in [-0.25, -0.2) is 0 Å². The van der Waals surface area contributed by atoms with E-state index in [4.69, 9.17) is 0 Å². The summed E-state index contributed by atoms with van der Waals surface area (Å²) in [6.45, 7) is 5.73. The first-order valence-corrected chi connectivity index (χ1v) is 6.34. The molecule has 1 aliphatic heterocycles. The van der Waals surface area contributed by atoms with Crippen molar-refractivity contribution in [3.8, 4) is 0 Å². The van der Waals surface area contributed by atoms with Gasteiger partial charge in [0.15, 0.2) is 0 Å². The number of hydrogen-bond acceptors (Lipinski definition) is 2. The van der Waals surface area contributed by atoms with Crippen molar-refractivity contribution in [3.05, 3.63) is 30.3 Å². The number of hydrogen-bond donors (Lipinski definition) is 1. The van der Waals surface area contributed by atoms with Gasteiger partial charge in [0.1, 0.15) is 0 Å². The fraction of sp³-hybridized carbons (Fsp3) is 0.571. The molecule has 1 N–H and O–H groups in total. The molecule has 87 valence electrons. The zero-order valence-electron chi connectivity index (χ0n) is 10.1. The van der Waals surface area contributed by atoms with E-state index in [9.17, 15) is 0 Å². The molecule has 0 aromatic heterocycles. The van der Waals surface area contributed by atoms with E-state index in [0.29, 0.717) is 0 Å². The lowest BCUT2D eigenvalue weighted by Crippen LogP contribution is -2.42. The number of benzene rings is 1. The molecule has 1 fully saturated rings. The highest BCUT2D eigenvalue weighted by molar-refractivity contribution is 5.46. The molecule has 2 nitrogen and oxygen atoms in total. The number of piperidine rings is 1. The number of rotatable bonds is 4. The molecular formula is C14H21N2. The SMILES string of the molecule is CCCNC1CCN(c2cc[c]cc2)CC1. The van der Waals surface area contributed by atoms with Gasteiger partial charge in [-0.15, -0.1) is 0 Å². The molecule has 16 heavy (non-hydrogen) atoms. The number of nitrogens with zero attached hydrogens (tertiary/aromatic N) is 1. The molecule has 1 saturated heterocycles. The lowest BCUT2D eigenvalue weighted by atomic mass is 10.0. The molecule has 1 radical (unpaired) electrons. The van der Waals surface area contributed by atoms with Crippen LogP contribution in [0.25, 0.3) is 0 Å². The van der Waals surface area contributed by atoms with E-state index in [1.807, 2.05) is 12.1 Å². The largest absolute Gasteiger partial charge is 0.371 e. The molecule has 0 aliphatic carbocycles. The van der Waals surface area contributed by atoms with Crippen LogP contribution in [0, 0.1) is 6.07 Å². The van der Waals surface area contributed by atoms with Crippen molar-refractivity contribution in [2.45, 2.75) is 32.2 Å². The van der Waals surface area contributed by atoms with E-state index in [0.717, 1.165) is 12.6 Å². The van der Waals surface area contributed by atoms with Gasteiger partial charge >= 0.3 is 0 Å². The van der Waals surface area contributed by atoms with Gasteiger partial charge in [-0.05, 0) is 44.0 Å². The number of anilines is 1. The molecule has 1 aliphatic rings. The summed E-state index contributed by atoms with van der Waals surface area (Å²) in [5.74, 6) is 0. The van der Waals surface area contributed by atoms with Crippen molar-refractivity contribution in [2.75, 3.05) is 24.5 Å². The summed E-state index contributed by atoms with van der Waals surface area (Å²) in [5.41, 5.74) is 1.34. The minimum Gasteiger partial charge on any atom is -0.371 e. The van der Waals surface area contributed by atoms with Crippen LogP contribution in [0.5, 0.6) is 0 Å². The Kier molecular flexibility index (Phi) is 4.23. The Morgan fingerprint density at radius 2 is 2.00 bits per heavy atom. The average molecular weight is 217 g/mol. The summed E-state index contributed by atoms with van der Waals surface area (Å²) in [6, 6.07) is 12.1.